The first-order valence-electron chi connectivity index (χ1n) is 7.91. The third-order valence-corrected chi connectivity index (χ3v) is 4.15. The van der Waals surface area contributed by atoms with Crippen LogP contribution in [0.25, 0.3) is 0 Å². The lowest BCUT2D eigenvalue weighted by atomic mass is 9.84. The van der Waals surface area contributed by atoms with Gasteiger partial charge in [0, 0.05) is 12.1 Å². The van der Waals surface area contributed by atoms with Crippen molar-refractivity contribution in [2.45, 2.75) is 12.8 Å². The Morgan fingerprint density at radius 3 is 2.57 bits per heavy atom. The Labute approximate surface area is 136 Å². The van der Waals surface area contributed by atoms with Crippen molar-refractivity contribution in [3.8, 4) is 6.07 Å². The average Bonchev–Trinajstić information content (AvgIpc) is 2.61. The number of nitrogens with zero attached hydrogens (tertiary/aromatic N) is 1. The summed E-state index contributed by atoms with van der Waals surface area (Å²) in [5.74, 6) is -0.437. The highest BCUT2D eigenvalue weighted by atomic mass is 16.2. The number of carbonyl (C=O) groups is 2. The van der Waals surface area contributed by atoms with E-state index < -0.39 is 0 Å². The van der Waals surface area contributed by atoms with Crippen LogP contribution in [0.3, 0.4) is 0 Å². The lowest BCUT2D eigenvalue weighted by Gasteiger charge is -2.29. The van der Waals surface area contributed by atoms with Crippen LogP contribution < -0.4 is 16.0 Å². The second-order valence-electron chi connectivity index (χ2n) is 5.65. The van der Waals surface area contributed by atoms with Gasteiger partial charge in [-0.25, -0.2) is 0 Å². The largest absolute Gasteiger partial charge is 0.351 e. The van der Waals surface area contributed by atoms with Gasteiger partial charge < -0.3 is 16.0 Å². The Bertz CT molecular complexity index is 562. The van der Waals surface area contributed by atoms with E-state index in [0.29, 0.717) is 5.56 Å². The molecule has 1 heterocycles. The maximum atomic E-state index is 12.3. The molecule has 6 heteroatoms. The second kappa shape index (κ2) is 8.91. The number of carbonyl (C=O) groups excluding carboxylic acids is 2. The van der Waals surface area contributed by atoms with Gasteiger partial charge in [-0.2, -0.15) is 5.26 Å². The SMILES string of the molecule is N#CCNC(=O)C(CNC(=O)c1ccccc1)C1CCNCC1. The van der Waals surface area contributed by atoms with Gasteiger partial charge in [0.1, 0.15) is 6.54 Å². The van der Waals surface area contributed by atoms with Crippen LogP contribution in [0.1, 0.15) is 23.2 Å². The quantitative estimate of drug-likeness (QED) is 0.673. The predicted octanol–water partition coefficient (Wildman–Crippen LogP) is 0.672. The van der Waals surface area contributed by atoms with Crippen LogP contribution in [-0.4, -0.2) is 38.0 Å². The summed E-state index contributed by atoms with van der Waals surface area (Å²) in [6.07, 6.45) is 1.79. The normalized spacial score (nSPS) is 16.1. The van der Waals surface area contributed by atoms with Crippen LogP contribution in [0.5, 0.6) is 0 Å². The molecule has 1 aromatic rings. The smallest absolute Gasteiger partial charge is 0.251 e. The fourth-order valence-corrected chi connectivity index (χ4v) is 2.87. The molecule has 122 valence electrons. The van der Waals surface area contributed by atoms with Crippen molar-refractivity contribution >= 4 is 11.8 Å². The summed E-state index contributed by atoms with van der Waals surface area (Å²) >= 11 is 0. The zero-order valence-electron chi connectivity index (χ0n) is 13.0. The Balaban J connectivity index is 1.97. The molecule has 0 aliphatic carbocycles. The molecule has 0 aromatic heterocycles. The van der Waals surface area contributed by atoms with E-state index in [2.05, 4.69) is 16.0 Å². The van der Waals surface area contributed by atoms with Gasteiger partial charge in [0.2, 0.25) is 5.91 Å². The molecule has 0 radical (unpaired) electrons. The minimum Gasteiger partial charge on any atom is -0.351 e. The molecule has 1 unspecified atom stereocenters. The highest BCUT2D eigenvalue weighted by molar-refractivity contribution is 5.94. The van der Waals surface area contributed by atoms with E-state index in [0.717, 1.165) is 25.9 Å². The van der Waals surface area contributed by atoms with Gasteiger partial charge in [-0.05, 0) is 44.0 Å². The van der Waals surface area contributed by atoms with Crippen LogP contribution in [0, 0.1) is 23.2 Å². The number of hydrogen-bond donors (Lipinski definition) is 3. The summed E-state index contributed by atoms with van der Waals surface area (Å²) in [5.41, 5.74) is 0.578. The zero-order valence-corrected chi connectivity index (χ0v) is 13.0. The molecule has 2 rings (SSSR count). The molecular weight excluding hydrogens is 292 g/mol. The van der Waals surface area contributed by atoms with Gasteiger partial charge in [-0.3, -0.25) is 9.59 Å². The third kappa shape index (κ3) is 5.08. The minimum absolute atomic E-state index is 0.00701. The average molecular weight is 314 g/mol. The maximum absolute atomic E-state index is 12.3. The zero-order chi connectivity index (χ0) is 16.5. The summed E-state index contributed by atoms with van der Waals surface area (Å²) < 4.78 is 0. The summed E-state index contributed by atoms with van der Waals surface area (Å²) in [7, 11) is 0. The van der Waals surface area contributed by atoms with E-state index >= 15 is 0 Å². The first-order valence-corrected chi connectivity index (χ1v) is 7.91. The van der Waals surface area contributed by atoms with Crippen molar-refractivity contribution < 1.29 is 9.59 Å². The standard InChI is InChI=1S/C17H22N4O2/c18-8-11-20-17(23)15(13-6-9-19-10-7-13)12-21-16(22)14-4-2-1-3-5-14/h1-5,13,15,19H,6-7,9-12H2,(H,20,23)(H,21,22). The van der Waals surface area contributed by atoms with E-state index in [-0.39, 0.29) is 36.7 Å². The van der Waals surface area contributed by atoms with E-state index in [1.54, 1.807) is 24.3 Å². The van der Waals surface area contributed by atoms with Crippen LogP contribution >= 0.6 is 0 Å². The number of benzene rings is 1. The Hall–Kier alpha value is -2.39. The van der Waals surface area contributed by atoms with Crippen LogP contribution in [0.4, 0.5) is 0 Å². The fourth-order valence-electron chi connectivity index (χ4n) is 2.87. The minimum atomic E-state index is -0.307. The monoisotopic (exact) mass is 314 g/mol. The van der Waals surface area contributed by atoms with Crippen LogP contribution in [0.15, 0.2) is 30.3 Å². The topological polar surface area (TPSA) is 94.0 Å². The van der Waals surface area contributed by atoms with Gasteiger partial charge in [0.25, 0.3) is 5.91 Å². The Kier molecular flexibility index (Phi) is 6.57. The summed E-state index contributed by atoms with van der Waals surface area (Å²) in [6, 6.07) is 10.9. The van der Waals surface area contributed by atoms with Gasteiger partial charge >= 0.3 is 0 Å². The molecule has 1 fully saturated rings. The third-order valence-electron chi connectivity index (χ3n) is 4.15. The molecule has 2 amide bonds. The molecule has 6 nitrogen and oxygen atoms in total. The molecule has 1 atom stereocenters. The maximum Gasteiger partial charge on any atom is 0.251 e. The number of piperidine rings is 1. The Morgan fingerprint density at radius 2 is 1.91 bits per heavy atom. The molecule has 1 aliphatic rings. The molecule has 0 saturated carbocycles. The van der Waals surface area contributed by atoms with Crippen molar-refractivity contribution in [1.29, 1.82) is 5.26 Å². The fraction of sp³-hybridized carbons (Fsp3) is 0.471. The van der Waals surface area contributed by atoms with E-state index in [9.17, 15) is 9.59 Å². The van der Waals surface area contributed by atoms with Crippen LogP contribution in [-0.2, 0) is 4.79 Å². The van der Waals surface area contributed by atoms with E-state index in [1.165, 1.54) is 0 Å². The second-order valence-corrected chi connectivity index (χ2v) is 5.65. The lowest BCUT2D eigenvalue weighted by Crippen LogP contribution is -2.45. The van der Waals surface area contributed by atoms with Crippen LogP contribution in [0.2, 0.25) is 0 Å². The molecule has 0 spiro atoms. The molecular formula is C17H22N4O2. The van der Waals surface area contributed by atoms with Crippen molar-refractivity contribution in [2.75, 3.05) is 26.2 Å². The van der Waals surface area contributed by atoms with Crippen molar-refractivity contribution in [2.24, 2.45) is 11.8 Å². The molecule has 0 bridgehead atoms. The van der Waals surface area contributed by atoms with Crippen molar-refractivity contribution in [3.05, 3.63) is 35.9 Å². The summed E-state index contributed by atoms with van der Waals surface area (Å²) in [5, 5.41) is 17.4. The molecule has 1 aromatic carbocycles. The lowest BCUT2D eigenvalue weighted by molar-refractivity contribution is -0.126. The number of hydrogen-bond acceptors (Lipinski definition) is 4. The van der Waals surface area contributed by atoms with E-state index in [1.807, 2.05) is 12.1 Å². The first kappa shape index (κ1) is 17.0. The first-order chi connectivity index (χ1) is 11.2. The molecule has 23 heavy (non-hydrogen) atoms. The van der Waals surface area contributed by atoms with Gasteiger partial charge in [-0.15, -0.1) is 0 Å². The summed E-state index contributed by atoms with van der Waals surface area (Å²) in [4.78, 5) is 24.5. The number of nitrogens with one attached hydrogen (secondary N) is 3. The van der Waals surface area contributed by atoms with Crippen molar-refractivity contribution in [1.82, 2.24) is 16.0 Å². The molecule has 1 saturated heterocycles. The van der Waals surface area contributed by atoms with Crippen molar-refractivity contribution in [3.63, 3.8) is 0 Å². The predicted molar refractivity (Wildman–Crippen MR) is 86.5 cm³/mol. The highest BCUT2D eigenvalue weighted by Gasteiger charge is 2.29. The van der Waals surface area contributed by atoms with Gasteiger partial charge in [-0.1, -0.05) is 18.2 Å². The highest BCUT2D eigenvalue weighted by Crippen LogP contribution is 2.22. The number of nitriles is 1. The number of rotatable bonds is 6. The molecule has 1 aliphatic heterocycles. The van der Waals surface area contributed by atoms with Gasteiger partial charge in [0.15, 0.2) is 0 Å². The van der Waals surface area contributed by atoms with Gasteiger partial charge in [0.05, 0.1) is 12.0 Å². The van der Waals surface area contributed by atoms with E-state index in [4.69, 9.17) is 5.26 Å². The summed E-state index contributed by atoms with van der Waals surface area (Å²) in [6.45, 7) is 2.03. The molecule has 3 N–H and O–H groups in total. The Morgan fingerprint density at radius 1 is 1.22 bits per heavy atom. The number of amides is 2.